The van der Waals surface area contributed by atoms with Gasteiger partial charge in [-0.1, -0.05) is 11.8 Å². The van der Waals surface area contributed by atoms with E-state index in [0.29, 0.717) is 24.3 Å². The number of carboxylic acids is 1. The monoisotopic (exact) mass is 588 g/mol. The molecule has 0 aromatic heterocycles. The van der Waals surface area contributed by atoms with Crippen LogP contribution >= 0.6 is 0 Å². The summed E-state index contributed by atoms with van der Waals surface area (Å²) in [7, 11) is 0. The fourth-order valence-electron chi connectivity index (χ4n) is 4.49. The molecule has 216 valence electrons. The van der Waals surface area contributed by atoms with Crippen molar-refractivity contribution in [2.75, 3.05) is 5.32 Å². The summed E-state index contributed by atoms with van der Waals surface area (Å²) >= 11 is 0. The van der Waals surface area contributed by atoms with Gasteiger partial charge in [-0.2, -0.15) is 31.6 Å². The van der Waals surface area contributed by atoms with E-state index >= 15 is 0 Å². The van der Waals surface area contributed by atoms with Crippen LogP contribution < -0.4 is 5.32 Å². The van der Waals surface area contributed by atoms with Crippen molar-refractivity contribution < 1.29 is 45.4 Å². The van der Waals surface area contributed by atoms with E-state index in [9.17, 15) is 40.3 Å². The Hall–Kier alpha value is -4.84. The van der Waals surface area contributed by atoms with Gasteiger partial charge in [0.15, 0.2) is 0 Å². The van der Waals surface area contributed by atoms with Crippen molar-refractivity contribution in [2.45, 2.75) is 37.0 Å². The summed E-state index contributed by atoms with van der Waals surface area (Å²) in [6.07, 6.45) is -9.42. The zero-order chi connectivity index (χ0) is 30.9. The summed E-state index contributed by atoms with van der Waals surface area (Å²) < 4.78 is 95.1. The van der Waals surface area contributed by atoms with E-state index in [1.807, 2.05) is 0 Å². The first-order valence-corrected chi connectivity index (χ1v) is 12.3. The van der Waals surface area contributed by atoms with E-state index in [1.54, 1.807) is 0 Å². The van der Waals surface area contributed by atoms with Crippen molar-refractivity contribution in [1.29, 1.82) is 5.26 Å². The highest BCUT2D eigenvalue weighted by atomic mass is 19.4. The molecule has 2 N–H and O–H groups in total. The van der Waals surface area contributed by atoms with Crippen LogP contribution in [-0.4, -0.2) is 17.0 Å². The number of alkyl halides is 6. The highest BCUT2D eigenvalue weighted by molar-refractivity contribution is 5.95. The number of amides is 1. The molecule has 0 bridgehead atoms. The zero-order valence-electron chi connectivity index (χ0n) is 21.3. The maximum atomic E-state index is 14.8. The van der Waals surface area contributed by atoms with Crippen LogP contribution in [0.1, 0.15) is 57.4 Å². The van der Waals surface area contributed by atoms with Gasteiger partial charge in [0.1, 0.15) is 11.7 Å². The molecule has 1 atom stereocenters. The molecule has 0 spiro atoms. The molecule has 1 aliphatic carbocycles. The Bertz CT molecular complexity index is 1640. The minimum absolute atomic E-state index is 0.0342. The Morgan fingerprint density at radius 3 is 2.17 bits per heavy atom. The Labute approximate surface area is 234 Å². The molecular formula is C30H19F7N2O3. The lowest BCUT2D eigenvalue weighted by molar-refractivity contribution is -0.138. The van der Waals surface area contributed by atoms with Gasteiger partial charge in [0, 0.05) is 11.3 Å². The summed E-state index contributed by atoms with van der Waals surface area (Å²) in [6.45, 7) is 0. The van der Waals surface area contributed by atoms with Crippen LogP contribution in [0.15, 0.2) is 60.7 Å². The third kappa shape index (κ3) is 6.72. The van der Waals surface area contributed by atoms with E-state index in [1.165, 1.54) is 30.3 Å². The van der Waals surface area contributed by atoms with E-state index in [0.717, 1.165) is 12.1 Å². The van der Waals surface area contributed by atoms with Crippen molar-refractivity contribution in [2.24, 2.45) is 5.92 Å². The number of nitrogens with zero attached hydrogens (tertiary/aromatic N) is 1. The molecule has 12 heteroatoms. The quantitative estimate of drug-likeness (QED) is 0.236. The molecule has 0 heterocycles. The smallest absolute Gasteiger partial charge is 0.417 e. The fourth-order valence-corrected chi connectivity index (χ4v) is 4.49. The molecule has 0 saturated heterocycles. The Morgan fingerprint density at radius 1 is 0.952 bits per heavy atom. The number of hydrogen-bond acceptors (Lipinski definition) is 3. The van der Waals surface area contributed by atoms with Crippen LogP contribution in [0, 0.1) is 34.9 Å². The highest BCUT2D eigenvalue weighted by Crippen LogP contribution is 2.54. The summed E-state index contributed by atoms with van der Waals surface area (Å²) in [5.74, 6) is 1.03. The summed E-state index contributed by atoms with van der Waals surface area (Å²) in [4.78, 5) is 24.4. The first-order valence-electron chi connectivity index (χ1n) is 12.3. The Balaban J connectivity index is 1.70. The van der Waals surface area contributed by atoms with Gasteiger partial charge >= 0.3 is 18.3 Å². The minimum atomic E-state index is -4.90. The Morgan fingerprint density at radius 2 is 1.62 bits per heavy atom. The standard InChI is InChI=1S/C30H19F7N2O3/c31-25-10-8-21(29(32,33)34)13-24(25)28(11-12-28)15-19(6-3-17-1-4-18(5-2-17)27(41)42)26(40)39-22-9-7-20(16-38)23(14-22)30(35,36)37/h1-2,4-5,7-10,13-14,19H,11-12,15H2,(H,39,40)(H,41,42). The van der Waals surface area contributed by atoms with Crippen LogP contribution in [0.5, 0.6) is 0 Å². The van der Waals surface area contributed by atoms with E-state index in [-0.39, 0.29) is 41.6 Å². The average molecular weight is 588 g/mol. The van der Waals surface area contributed by atoms with Crippen molar-refractivity contribution in [3.63, 3.8) is 0 Å². The molecular weight excluding hydrogens is 569 g/mol. The van der Waals surface area contributed by atoms with E-state index < -0.39 is 58.1 Å². The number of halogens is 7. The number of nitriles is 1. The van der Waals surface area contributed by atoms with Gasteiger partial charge < -0.3 is 10.4 Å². The van der Waals surface area contributed by atoms with Crippen molar-refractivity contribution >= 4 is 17.6 Å². The maximum absolute atomic E-state index is 14.8. The lowest BCUT2D eigenvalue weighted by Crippen LogP contribution is -2.27. The van der Waals surface area contributed by atoms with Gasteiger partial charge in [0.05, 0.1) is 28.3 Å². The van der Waals surface area contributed by atoms with Crippen LogP contribution in [0.25, 0.3) is 0 Å². The normalized spacial score (nSPS) is 14.6. The minimum Gasteiger partial charge on any atom is -0.478 e. The fraction of sp³-hybridized carbons (Fsp3) is 0.233. The first-order chi connectivity index (χ1) is 19.6. The molecule has 1 saturated carbocycles. The molecule has 5 nitrogen and oxygen atoms in total. The largest absolute Gasteiger partial charge is 0.478 e. The molecule has 1 unspecified atom stereocenters. The number of hydrogen-bond donors (Lipinski definition) is 2. The highest BCUT2D eigenvalue weighted by Gasteiger charge is 2.49. The molecule has 3 aromatic carbocycles. The number of rotatable bonds is 6. The van der Waals surface area contributed by atoms with Crippen molar-refractivity contribution in [1.82, 2.24) is 0 Å². The lowest BCUT2D eigenvalue weighted by Gasteiger charge is -2.22. The first kappa shape index (κ1) is 30.1. The van der Waals surface area contributed by atoms with Gasteiger partial charge in [-0.3, -0.25) is 4.79 Å². The SMILES string of the molecule is N#Cc1ccc(NC(=O)C(C#Cc2ccc(C(=O)O)cc2)CC2(c3cc(C(F)(F)F)ccc3F)CC2)cc1C(F)(F)F. The molecule has 1 fully saturated rings. The third-order valence-corrected chi connectivity index (χ3v) is 6.87. The zero-order valence-corrected chi connectivity index (χ0v) is 21.3. The third-order valence-electron chi connectivity index (χ3n) is 6.87. The molecule has 4 rings (SSSR count). The number of aromatic carboxylic acids is 1. The van der Waals surface area contributed by atoms with Crippen LogP contribution in [-0.2, 0) is 22.6 Å². The van der Waals surface area contributed by atoms with E-state index in [2.05, 4.69) is 17.2 Å². The number of carbonyl (C=O) groups excluding carboxylic acids is 1. The second kappa shape index (κ2) is 11.2. The molecule has 42 heavy (non-hydrogen) atoms. The number of benzene rings is 3. The van der Waals surface area contributed by atoms with Crippen LogP contribution in [0.3, 0.4) is 0 Å². The maximum Gasteiger partial charge on any atom is 0.417 e. The van der Waals surface area contributed by atoms with Gasteiger partial charge in [0.2, 0.25) is 5.91 Å². The second-order valence-electron chi connectivity index (χ2n) is 9.74. The summed E-state index contributed by atoms with van der Waals surface area (Å²) in [6, 6.07) is 11.2. The number of nitrogens with one attached hydrogen (secondary N) is 1. The molecule has 3 aromatic rings. The molecule has 0 aliphatic heterocycles. The van der Waals surface area contributed by atoms with Gasteiger partial charge in [-0.05, 0) is 90.9 Å². The predicted octanol–water partition coefficient (Wildman–Crippen LogP) is 7.16. The van der Waals surface area contributed by atoms with Gasteiger partial charge in [-0.15, -0.1) is 0 Å². The predicted molar refractivity (Wildman–Crippen MR) is 135 cm³/mol. The van der Waals surface area contributed by atoms with Gasteiger partial charge in [0.25, 0.3) is 0 Å². The van der Waals surface area contributed by atoms with E-state index in [4.69, 9.17) is 10.4 Å². The van der Waals surface area contributed by atoms with Crippen LogP contribution in [0.4, 0.5) is 36.4 Å². The Kier molecular flexibility index (Phi) is 8.04. The van der Waals surface area contributed by atoms with Gasteiger partial charge in [-0.25, -0.2) is 9.18 Å². The summed E-state index contributed by atoms with van der Waals surface area (Å²) in [5.41, 5.74) is -4.52. The lowest BCUT2D eigenvalue weighted by atomic mass is 9.84. The van der Waals surface area contributed by atoms with Crippen LogP contribution in [0.2, 0.25) is 0 Å². The topological polar surface area (TPSA) is 90.2 Å². The molecule has 1 aliphatic rings. The summed E-state index contributed by atoms with van der Waals surface area (Å²) in [5, 5.41) is 20.4. The van der Waals surface area contributed by atoms with Crippen molar-refractivity contribution in [3.05, 3.63) is 99.9 Å². The number of carboxylic acid groups (broad SMARTS) is 1. The molecule has 0 radical (unpaired) electrons. The molecule has 1 amide bonds. The van der Waals surface area contributed by atoms with Crippen molar-refractivity contribution in [3.8, 4) is 17.9 Å². The number of anilines is 1. The number of carbonyl (C=O) groups is 2. The average Bonchev–Trinajstić information content (AvgIpc) is 3.70. The second-order valence-corrected chi connectivity index (χ2v) is 9.74.